The maximum absolute atomic E-state index is 11.5. The molecule has 1 fully saturated rings. The van der Waals surface area contributed by atoms with Crippen LogP contribution in [-0.4, -0.2) is 19.0 Å². The molecular weight excluding hydrogens is 200 g/mol. The maximum Gasteiger partial charge on any atom is 0.238 e. The van der Waals surface area contributed by atoms with Crippen LogP contribution >= 0.6 is 0 Å². The first-order valence-electron chi connectivity index (χ1n) is 5.81. The summed E-state index contributed by atoms with van der Waals surface area (Å²) >= 11 is 0. The van der Waals surface area contributed by atoms with E-state index in [0.29, 0.717) is 6.54 Å². The summed E-state index contributed by atoms with van der Waals surface area (Å²) in [6.45, 7) is 3.61. The molecule has 0 aromatic heterocycles. The minimum absolute atomic E-state index is 0.0273. The predicted octanol–water partition coefficient (Wildman–Crippen LogP) is 1.87. The van der Waals surface area contributed by atoms with Crippen molar-refractivity contribution in [2.45, 2.75) is 13.3 Å². The molecule has 1 aromatic rings. The number of carbonyl (C=O) groups excluding carboxylic acids is 1. The lowest BCUT2D eigenvalue weighted by Gasteiger charge is -2.05. The predicted molar refractivity (Wildman–Crippen MR) is 65.2 cm³/mol. The number of anilines is 1. The molecule has 2 rings (SSSR count). The quantitative estimate of drug-likeness (QED) is 0.792. The van der Waals surface area contributed by atoms with Crippen molar-refractivity contribution in [3.05, 3.63) is 30.3 Å². The molecule has 0 aliphatic heterocycles. The molecule has 1 aromatic carbocycles. The molecule has 0 spiro atoms. The lowest BCUT2D eigenvalue weighted by atomic mass is 10.3. The van der Waals surface area contributed by atoms with Crippen molar-refractivity contribution >= 4 is 11.6 Å². The van der Waals surface area contributed by atoms with Crippen molar-refractivity contribution in [3.63, 3.8) is 0 Å². The third-order valence-electron chi connectivity index (χ3n) is 3.03. The molecular formula is C13H18N2O. The summed E-state index contributed by atoms with van der Waals surface area (Å²) in [5, 5.41) is 6.03. The number of amides is 1. The number of para-hydroxylation sites is 1. The van der Waals surface area contributed by atoms with Crippen LogP contribution < -0.4 is 10.6 Å². The van der Waals surface area contributed by atoms with E-state index in [1.807, 2.05) is 30.3 Å². The Kier molecular flexibility index (Phi) is 3.57. The summed E-state index contributed by atoms with van der Waals surface area (Å²) in [6, 6.07) is 9.54. The number of carbonyl (C=O) groups is 1. The first kappa shape index (κ1) is 11.1. The zero-order valence-electron chi connectivity index (χ0n) is 9.57. The van der Waals surface area contributed by atoms with E-state index in [2.05, 4.69) is 17.6 Å². The molecule has 1 amide bonds. The van der Waals surface area contributed by atoms with E-state index in [9.17, 15) is 4.79 Å². The van der Waals surface area contributed by atoms with Crippen LogP contribution in [0.5, 0.6) is 0 Å². The monoisotopic (exact) mass is 218 g/mol. The standard InChI is InChI=1S/C13H18N2O/c1-10-7-11(10)8-14-9-13(16)15-12-5-3-2-4-6-12/h2-6,10-11,14H,7-9H2,1H3,(H,15,16). The average Bonchev–Trinajstić information content (AvgIpc) is 2.96. The number of hydrogen-bond acceptors (Lipinski definition) is 2. The highest BCUT2D eigenvalue weighted by Gasteiger charge is 2.31. The molecule has 2 unspecified atom stereocenters. The van der Waals surface area contributed by atoms with Gasteiger partial charge in [0.25, 0.3) is 0 Å². The molecule has 0 saturated heterocycles. The highest BCUT2D eigenvalue weighted by atomic mass is 16.1. The van der Waals surface area contributed by atoms with Gasteiger partial charge in [0.05, 0.1) is 6.54 Å². The molecule has 3 nitrogen and oxygen atoms in total. The maximum atomic E-state index is 11.5. The number of nitrogens with one attached hydrogen (secondary N) is 2. The van der Waals surface area contributed by atoms with Gasteiger partial charge in [0.1, 0.15) is 0 Å². The van der Waals surface area contributed by atoms with Crippen LogP contribution in [-0.2, 0) is 4.79 Å². The zero-order chi connectivity index (χ0) is 11.4. The van der Waals surface area contributed by atoms with Gasteiger partial charge >= 0.3 is 0 Å². The Labute approximate surface area is 96.2 Å². The molecule has 1 aliphatic carbocycles. The van der Waals surface area contributed by atoms with E-state index < -0.39 is 0 Å². The fourth-order valence-corrected chi connectivity index (χ4v) is 1.78. The van der Waals surface area contributed by atoms with Crippen molar-refractivity contribution in [2.24, 2.45) is 11.8 Å². The molecule has 0 radical (unpaired) electrons. The summed E-state index contributed by atoms with van der Waals surface area (Å²) in [4.78, 5) is 11.5. The zero-order valence-corrected chi connectivity index (χ0v) is 9.57. The van der Waals surface area contributed by atoms with Gasteiger partial charge in [-0.15, -0.1) is 0 Å². The summed E-state index contributed by atoms with van der Waals surface area (Å²) in [7, 11) is 0. The van der Waals surface area contributed by atoms with Gasteiger partial charge < -0.3 is 10.6 Å². The fraction of sp³-hybridized carbons (Fsp3) is 0.462. The van der Waals surface area contributed by atoms with E-state index in [0.717, 1.165) is 24.1 Å². The second-order valence-electron chi connectivity index (χ2n) is 4.52. The second-order valence-corrected chi connectivity index (χ2v) is 4.52. The van der Waals surface area contributed by atoms with Gasteiger partial charge in [-0.25, -0.2) is 0 Å². The summed E-state index contributed by atoms with van der Waals surface area (Å²) in [6.07, 6.45) is 1.30. The third kappa shape index (κ3) is 3.35. The fourth-order valence-electron chi connectivity index (χ4n) is 1.78. The molecule has 2 atom stereocenters. The van der Waals surface area contributed by atoms with Gasteiger partial charge in [0.2, 0.25) is 5.91 Å². The van der Waals surface area contributed by atoms with Crippen molar-refractivity contribution in [1.29, 1.82) is 0 Å². The van der Waals surface area contributed by atoms with Crippen LogP contribution in [0.1, 0.15) is 13.3 Å². The SMILES string of the molecule is CC1CC1CNCC(=O)Nc1ccccc1. The van der Waals surface area contributed by atoms with Crippen LogP contribution in [0.25, 0.3) is 0 Å². The average molecular weight is 218 g/mol. The summed E-state index contributed by atoms with van der Waals surface area (Å²) in [5.41, 5.74) is 0.856. The minimum atomic E-state index is 0.0273. The van der Waals surface area contributed by atoms with Gasteiger partial charge in [-0.3, -0.25) is 4.79 Å². The highest BCUT2D eigenvalue weighted by molar-refractivity contribution is 5.92. The lowest BCUT2D eigenvalue weighted by Crippen LogP contribution is -2.29. The summed E-state index contributed by atoms with van der Waals surface area (Å²) < 4.78 is 0. The Hall–Kier alpha value is -1.35. The molecule has 16 heavy (non-hydrogen) atoms. The van der Waals surface area contributed by atoms with E-state index in [-0.39, 0.29) is 5.91 Å². The topological polar surface area (TPSA) is 41.1 Å². The van der Waals surface area contributed by atoms with E-state index in [1.165, 1.54) is 6.42 Å². The molecule has 3 heteroatoms. The first-order valence-corrected chi connectivity index (χ1v) is 5.81. The molecule has 1 saturated carbocycles. The molecule has 0 bridgehead atoms. The minimum Gasteiger partial charge on any atom is -0.325 e. The molecule has 86 valence electrons. The van der Waals surface area contributed by atoms with Gasteiger partial charge in [-0.05, 0) is 36.9 Å². The van der Waals surface area contributed by atoms with E-state index in [1.54, 1.807) is 0 Å². The Bertz CT molecular complexity index is 350. The Morgan fingerprint density at radius 3 is 2.69 bits per heavy atom. The second kappa shape index (κ2) is 5.12. The van der Waals surface area contributed by atoms with Crippen LogP contribution in [0.4, 0.5) is 5.69 Å². The molecule has 0 heterocycles. The number of hydrogen-bond donors (Lipinski definition) is 2. The first-order chi connectivity index (χ1) is 7.75. The van der Waals surface area contributed by atoms with Crippen LogP contribution in [0.3, 0.4) is 0 Å². The Morgan fingerprint density at radius 2 is 2.06 bits per heavy atom. The van der Waals surface area contributed by atoms with Crippen molar-refractivity contribution in [1.82, 2.24) is 5.32 Å². The van der Waals surface area contributed by atoms with Gasteiger partial charge in [-0.2, -0.15) is 0 Å². The van der Waals surface area contributed by atoms with E-state index in [4.69, 9.17) is 0 Å². The van der Waals surface area contributed by atoms with E-state index >= 15 is 0 Å². The normalized spacial score (nSPS) is 22.8. The lowest BCUT2D eigenvalue weighted by molar-refractivity contribution is -0.115. The number of benzene rings is 1. The molecule has 2 N–H and O–H groups in total. The van der Waals surface area contributed by atoms with Crippen molar-refractivity contribution in [3.8, 4) is 0 Å². The largest absolute Gasteiger partial charge is 0.325 e. The van der Waals surface area contributed by atoms with Crippen molar-refractivity contribution in [2.75, 3.05) is 18.4 Å². The van der Waals surface area contributed by atoms with Gasteiger partial charge in [-0.1, -0.05) is 25.1 Å². The van der Waals surface area contributed by atoms with Gasteiger partial charge in [0, 0.05) is 5.69 Å². The van der Waals surface area contributed by atoms with Gasteiger partial charge in [0.15, 0.2) is 0 Å². The highest BCUT2D eigenvalue weighted by Crippen LogP contribution is 2.36. The van der Waals surface area contributed by atoms with Crippen LogP contribution in [0, 0.1) is 11.8 Å². The smallest absolute Gasteiger partial charge is 0.238 e. The van der Waals surface area contributed by atoms with Crippen LogP contribution in [0.2, 0.25) is 0 Å². The Balaban J connectivity index is 1.64. The molecule has 1 aliphatic rings. The van der Waals surface area contributed by atoms with Crippen molar-refractivity contribution < 1.29 is 4.79 Å². The third-order valence-corrected chi connectivity index (χ3v) is 3.03. The number of rotatable bonds is 5. The summed E-state index contributed by atoms with van der Waals surface area (Å²) in [5.74, 6) is 1.65. The van der Waals surface area contributed by atoms with Crippen LogP contribution in [0.15, 0.2) is 30.3 Å². The Morgan fingerprint density at radius 1 is 1.38 bits per heavy atom.